The van der Waals surface area contributed by atoms with Gasteiger partial charge in [0.1, 0.15) is 0 Å². The third kappa shape index (κ3) is 2.99. The summed E-state index contributed by atoms with van der Waals surface area (Å²) in [5.74, 6) is 1.31. The smallest absolute Gasteiger partial charge is 0.0189 e. The molecule has 2 fully saturated rings. The predicted octanol–water partition coefficient (Wildman–Crippen LogP) is 2.73. The monoisotopic (exact) mass is 256 g/mol. The Balaban J connectivity index is 1.97. The fourth-order valence-electron chi connectivity index (χ4n) is 3.87. The second-order valence-electron chi connectivity index (χ2n) is 5.58. The molecule has 2 nitrogen and oxygen atoms in total. The number of hydrogen-bond donors (Lipinski definition) is 1. The third-order valence-corrected chi connectivity index (χ3v) is 5.25. The Morgan fingerprint density at radius 1 is 1.24 bits per heavy atom. The zero-order valence-corrected chi connectivity index (χ0v) is 12.4. The van der Waals surface area contributed by atoms with Crippen molar-refractivity contribution in [1.29, 1.82) is 0 Å². The van der Waals surface area contributed by atoms with Crippen molar-refractivity contribution in [3.8, 4) is 0 Å². The first-order valence-corrected chi connectivity index (χ1v) is 8.69. The Morgan fingerprint density at radius 2 is 1.88 bits per heavy atom. The summed E-state index contributed by atoms with van der Waals surface area (Å²) in [6.45, 7) is 5.72. The summed E-state index contributed by atoms with van der Waals surface area (Å²) in [5.41, 5.74) is 0. The van der Waals surface area contributed by atoms with Crippen molar-refractivity contribution in [2.45, 2.75) is 70.1 Å². The normalized spacial score (nSPS) is 35.1. The van der Waals surface area contributed by atoms with Gasteiger partial charge in [-0.2, -0.15) is 11.8 Å². The molecule has 3 heteroatoms. The minimum Gasteiger partial charge on any atom is -0.314 e. The SMILES string of the molecule is CCNC1CC2CCC(C1)N2C(CC)CSC. The standard InChI is InChI=1S/C14H28N2S/c1-4-12(10-17-3)16-13-6-7-14(16)9-11(8-13)15-5-2/h11-15H,4-10H2,1-3H3. The maximum absolute atomic E-state index is 3.66. The van der Waals surface area contributed by atoms with E-state index in [0.29, 0.717) is 0 Å². The topological polar surface area (TPSA) is 15.3 Å². The highest BCUT2D eigenvalue weighted by molar-refractivity contribution is 7.98. The molecule has 2 aliphatic rings. The summed E-state index contributed by atoms with van der Waals surface area (Å²) < 4.78 is 0. The van der Waals surface area contributed by atoms with E-state index in [1.165, 1.54) is 37.9 Å². The van der Waals surface area contributed by atoms with Crippen LogP contribution in [0.1, 0.15) is 46.0 Å². The molecule has 0 spiro atoms. The Morgan fingerprint density at radius 3 is 2.35 bits per heavy atom. The quantitative estimate of drug-likeness (QED) is 0.787. The van der Waals surface area contributed by atoms with Crippen LogP contribution in [-0.2, 0) is 0 Å². The summed E-state index contributed by atoms with van der Waals surface area (Å²) in [6.07, 6.45) is 9.22. The minimum absolute atomic E-state index is 0.792. The van der Waals surface area contributed by atoms with E-state index in [4.69, 9.17) is 0 Å². The van der Waals surface area contributed by atoms with Crippen molar-refractivity contribution >= 4 is 11.8 Å². The van der Waals surface area contributed by atoms with Crippen molar-refractivity contribution in [2.75, 3.05) is 18.6 Å². The molecule has 3 unspecified atom stereocenters. The van der Waals surface area contributed by atoms with Crippen LogP contribution in [0.4, 0.5) is 0 Å². The minimum atomic E-state index is 0.792. The van der Waals surface area contributed by atoms with Crippen molar-refractivity contribution < 1.29 is 0 Å². The highest BCUT2D eigenvalue weighted by Gasteiger charge is 2.42. The van der Waals surface area contributed by atoms with Gasteiger partial charge in [0.15, 0.2) is 0 Å². The van der Waals surface area contributed by atoms with Crippen LogP contribution in [-0.4, -0.2) is 47.6 Å². The lowest BCUT2D eigenvalue weighted by molar-refractivity contribution is 0.0781. The van der Waals surface area contributed by atoms with Crippen LogP contribution in [0.15, 0.2) is 0 Å². The highest BCUT2D eigenvalue weighted by Crippen LogP contribution is 2.38. The average molecular weight is 256 g/mol. The maximum atomic E-state index is 3.66. The Labute approximate surface area is 111 Å². The number of rotatable bonds is 6. The predicted molar refractivity (Wildman–Crippen MR) is 77.8 cm³/mol. The number of hydrogen-bond acceptors (Lipinski definition) is 3. The molecule has 2 rings (SSSR count). The summed E-state index contributed by atoms with van der Waals surface area (Å²) in [7, 11) is 0. The zero-order chi connectivity index (χ0) is 12.3. The van der Waals surface area contributed by atoms with Crippen LogP contribution in [0.25, 0.3) is 0 Å². The van der Waals surface area contributed by atoms with Gasteiger partial charge in [-0.1, -0.05) is 13.8 Å². The fraction of sp³-hybridized carbons (Fsp3) is 1.00. The van der Waals surface area contributed by atoms with Gasteiger partial charge in [0.2, 0.25) is 0 Å². The second-order valence-corrected chi connectivity index (χ2v) is 6.49. The van der Waals surface area contributed by atoms with Crippen LogP contribution >= 0.6 is 11.8 Å². The molecule has 3 atom stereocenters. The first kappa shape index (κ1) is 13.7. The summed E-state index contributed by atoms with van der Waals surface area (Å²) in [5, 5.41) is 3.66. The molecule has 0 aromatic carbocycles. The number of thioether (sulfide) groups is 1. The Hall–Kier alpha value is 0.270. The largest absolute Gasteiger partial charge is 0.314 e. The summed E-state index contributed by atoms with van der Waals surface area (Å²) in [4.78, 5) is 2.88. The van der Waals surface area contributed by atoms with Crippen molar-refractivity contribution in [3.05, 3.63) is 0 Å². The van der Waals surface area contributed by atoms with Gasteiger partial charge in [-0.15, -0.1) is 0 Å². The van der Waals surface area contributed by atoms with E-state index in [0.717, 1.165) is 30.7 Å². The molecule has 0 aromatic rings. The van der Waals surface area contributed by atoms with E-state index in [9.17, 15) is 0 Å². The molecular formula is C14H28N2S. The second kappa shape index (κ2) is 6.44. The molecule has 0 amide bonds. The van der Waals surface area contributed by atoms with Crippen molar-refractivity contribution in [2.24, 2.45) is 0 Å². The fourth-order valence-corrected chi connectivity index (χ4v) is 4.66. The number of nitrogens with zero attached hydrogens (tertiary/aromatic N) is 1. The molecule has 0 aromatic heterocycles. The lowest BCUT2D eigenvalue weighted by atomic mass is 9.95. The molecule has 2 saturated heterocycles. The molecular weight excluding hydrogens is 228 g/mol. The molecule has 17 heavy (non-hydrogen) atoms. The molecule has 2 heterocycles. The van der Waals surface area contributed by atoms with Gasteiger partial charge in [-0.05, 0) is 44.9 Å². The van der Waals surface area contributed by atoms with Crippen LogP contribution in [0.3, 0.4) is 0 Å². The van der Waals surface area contributed by atoms with Crippen molar-refractivity contribution in [1.82, 2.24) is 10.2 Å². The van der Waals surface area contributed by atoms with Crippen molar-refractivity contribution in [3.63, 3.8) is 0 Å². The van der Waals surface area contributed by atoms with Gasteiger partial charge < -0.3 is 5.32 Å². The van der Waals surface area contributed by atoms with Gasteiger partial charge in [0.05, 0.1) is 0 Å². The Kier molecular flexibility index (Phi) is 5.19. The molecule has 0 radical (unpaired) electrons. The molecule has 2 aliphatic heterocycles. The van der Waals surface area contributed by atoms with Gasteiger partial charge >= 0.3 is 0 Å². The van der Waals surface area contributed by atoms with E-state index in [1.54, 1.807) is 0 Å². The van der Waals surface area contributed by atoms with Crippen LogP contribution in [0, 0.1) is 0 Å². The van der Waals surface area contributed by atoms with E-state index in [-0.39, 0.29) is 0 Å². The molecule has 0 saturated carbocycles. The van der Waals surface area contributed by atoms with Gasteiger partial charge in [-0.3, -0.25) is 4.90 Å². The zero-order valence-electron chi connectivity index (χ0n) is 11.6. The number of nitrogens with one attached hydrogen (secondary N) is 1. The van der Waals surface area contributed by atoms with Crippen LogP contribution < -0.4 is 5.32 Å². The summed E-state index contributed by atoms with van der Waals surface area (Å²) >= 11 is 2.01. The molecule has 100 valence electrons. The third-order valence-electron chi connectivity index (χ3n) is 4.53. The lowest BCUT2D eigenvalue weighted by Crippen LogP contribution is -2.53. The number of piperidine rings is 1. The van der Waals surface area contributed by atoms with Gasteiger partial charge in [0, 0.05) is 29.9 Å². The van der Waals surface area contributed by atoms with Gasteiger partial charge in [0.25, 0.3) is 0 Å². The summed E-state index contributed by atoms with van der Waals surface area (Å²) in [6, 6.07) is 3.36. The van der Waals surface area contributed by atoms with E-state index >= 15 is 0 Å². The molecule has 1 N–H and O–H groups in total. The van der Waals surface area contributed by atoms with Crippen LogP contribution in [0.5, 0.6) is 0 Å². The highest BCUT2D eigenvalue weighted by atomic mass is 32.2. The lowest BCUT2D eigenvalue weighted by Gasteiger charge is -2.43. The molecule has 2 bridgehead atoms. The van der Waals surface area contributed by atoms with E-state index in [1.807, 2.05) is 11.8 Å². The first-order chi connectivity index (χ1) is 8.30. The van der Waals surface area contributed by atoms with E-state index < -0.39 is 0 Å². The number of fused-ring (bicyclic) bond motifs is 2. The van der Waals surface area contributed by atoms with Gasteiger partial charge in [-0.25, -0.2) is 0 Å². The molecule has 0 aliphatic carbocycles. The van der Waals surface area contributed by atoms with Crippen LogP contribution in [0.2, 0.25) is 0 Å². The first-order valence-electron chi connectivity index (χ1n) is 7.29. The maximum Gasteiger partial charge on any atom is 0.0189 e. The Bertz CT molecular complexity index is 220. The average Bonchev–Trinajstić information content (AvgIpc) is 2.59. The van der Waals surface area contributed by atoms with E-state index in [2.05, 4.69) is 30.3 Å².